The second-order valence-corrected chi connectivity index (χ2v) is 5.32. The third kappa shape index (κ3) is 2.28. The molecule has 23 heavy (non-hydrogen) atoms. The SMILES string of the molecule is CCOc1ccc2c(c1)OC(=Cc1c[nH]c3ccccc13)C2=O. The predicted octanol–water partition coefficient (Wildman–Crippen LogP) is 4.18. The number of benzene rings is 2. The van der Waals surface area contributed by atoms with Gasteiger partial charge in [0.25, 0.3) is 0 Å². The maximum atomic E-state index is 12.5. The first kappa shape index (κ1) is 13.6. The molecular formula is C19H15NO3. The highest BCUT2D eigenvalue weighted by atomic mass is 16.5. The number of rotatable bonds is 3. The van der Waals surface area contributed by atoms with E-state index in [1.165, 1.54) is 0 Å². The third-order valence-electron chi connectivity index (χ3n) is 3.86. The lowest BCUT2D eigenvalue weighted by molar-refractivity contribution is 0.101. The van der Waals surface area contributed by atoms with Gasteiger partial charge in [-0.2, -0.15) is 0 Å². The third-order valence-corrected chi connectivity index (χ3v) is 3.86. The van der Waals surface area contributed by atoms with Crippen molar-refractivity contribution < 1.29 is 14.3 Å². The number of H-pyrrole nitrogens is 1. The monoisotopic (exact) mass is 305 g/mol. The molecule has 4 rings (SSSR count). The molecule has 0 saturated carbocycles. The quantitative estimate of drug-likeness (QED) is 0.738. The van der Waals surface area contributed by atoms with E-state index in [0.29, 0.717) is 29.4 Å². The summed E-state index contributed by atoms with van der Waals surface area (Å²) in [7, 11) is 0. The summed E-state index contributed by atoms with van der Waals surface area (Å²) in [4.78, 5) is 15.7. The highest BCUT2D eigenvalue weighted by Gasteiger charge is 2.27. The van der Waals surface area contributed by atoms with E-state index in [1.807, 2.05) is 37.4 Å². The molecule has 0 bridgehead atoms. The molecule has 4 nitrogen and oxygen atoms in total. The number of carbonyl (C=O) groups excluding carboxylic acids is 1. The standard InChI is InChI=1S/C19H15NO3/c1-2-22-13-7-8-15-17(10-13)23-18(19(15)21)9-12-11-20-16-6-4-3-5-14(12)16/h3-11,20H,2H2,1H3. The molecule has 0 atom stereocenters. The van der Waals surface area contributed by atoms with Crippen LogP contribution in [0.2, 0.25) is 0 Å². The van der Waals surface area contributed by atoms with Crippen molar-refractivity contribution in [1.29, 1.82) is 0 Å². The van der Waals surface area contributed by atoms with E-state index in [9.17, 15) is 4.79 Å². The molecule has 114 valence electrons. The van der Waals surface area contributed by atoms with Crippen LogP contribution >= 0.6 is 0 Å². The average Bonchev–Trinajstić information content (AvgIpc) is 3.10. The fourth-order valence-corrected chi connectivity index (χ4v) is 2.78. The van der Waals surface area contributed by atoms with Crippen LogP contribution in [-0.2, 0) is 0 Å². The van der Waals surface area contributed by atoms with E-state index in [2.05, 4.69) is 4.98 Å². The van der Waals surface area contributed by atoms with Crippen LogP contribution < -0.4 is 9.47 Å². The second-order valence-electron chi connectivity index (χ2n) is 5.32. The van der Waals surface area contributed by atoms with Gasteiger partial charge in [-0.1, -0.05) is 18.2 Å². The van der Waals surface area contributed by atoms with Crippen LogP contribution in [0.25, 0.3) is 17.0 Å². The first-order valence-electron chi connectivity index (χ1n) is 7.53. The Morgan fingerprint density at radius 3 is 2.96 bits per heavy atom. The van der Waals surface area contributed by atoms with E-state index >= 15 is 0 Å². The van der Waals surface area contributed by atoms with Crippen molar-refractivity contribution in [2.75, 3.05) is 6.61 Å². The fraction of sp³-hybridized carbons (Fsp3) is 0.105. The Morgan fingerprint density at radius 1 is 1.22 bits per heavy atom. The minimum atomic E-state index is -0.103. The van der Waals surface area contributed by atoms with Crippen LogP contribution in [0.5, 0.6) is 11.5 Å². The van der Waals surface area contributed by atoms with E-state index in [4.69, 9.17) is 9.47 Å². The molecule has 0 unspecified atom stereocenters. The number of aromatic amines is 1. The van der Waals surface area contributed by atoms with Crippen molar-refractivity contribution in [1.82, 2.24) is 4.98 Å². The van der Waals surface area contributed by atoms with Crippen molar-refractivity contribution in [2.24, 2.45) is 0 Å². The normalized spacial score (nSPS) is 15.0. The highest BCUT2D eigenvalue weighted by molar-refractivity contribution is 6.15. The summed E-state index contributed by atoms with van der Waals surface area (Å²) in [6.45, 7) is 2.49. The lowest BCUT2D eigenvalue weighted by Crippen LogP contribution is -1.97. The predicted molar refractivity (Wildman–Crippen MR) is 88.8 cm³/mol. The van der Waals surface area contributed by atoms with Crippen LogP contribution in [-0.4, -0.2) is 17.4 Å². The number of fused-ring (bicyclic) bond motifs is 2. The van der Waals surface area contributed by atoms with Crippen molar-refractivity contribution in [3.05, 3.63) is 65.5 Å². The molecule has 0 radical (unpaired) electrons. The van der Waals surface area contributed by atoms with Gasteiger partial charge in [-0.05, 0) is 31.2 Å². The van der Waals surface area contributed by atoms with E-state index in [-0.39, 0.29) is 5.78 Å². The zero-order chi connectivity index (χ0) is 15.8. The molecule has 0 amide bonds. The summed E-state index contributed by atoms with van der Waals surface area (Å²) in [6.07, 6.45) is 3.66. The van der Waals surface area contributed by atoms with Crippen LogP contribution in [0.3, 0.4) is 0 Å². The zero-order valence-electron chi connectivity index (χ0n) is 12.6. The lowest BCUT2D eigenvalue weighted by atomic mass is 10.1. The van der Waals surface area contributed by atoms with Gasteiger partial charge in [0.05, 0.1) is 12.2 Å². The largest absolute Gasteiger partial charge is 0.494 e. The number of carbonyl (C=O) groups is 1. The summed E-state index contributed by atoms with van der Waals surface area (Å²) in [6, 6.07) is 13.2. The first-order valence-corrected chi connectivity index (χ1v) is 7.53. The number of hydrogen-bond donors (Lipinski definition) is 1. The number of para-hydroxylation sites is 1. The van der Waals surface area contributed by atoms with Gasteiger partial charge in [0.15, 0.2) is 5.76 Å². The molecule has 0 saturated heterocycles. The molecule has 1 aliphatic rings. The number of ether oxygens (including phenoxy) is 2. The molecule has 0 fully saturated rings. The number of allylic oxidation sites excluding steroid dienone is 1. The number of ketones is 1. The average molecular weight is 305 g/mol. The maximum absolute atomic E-state index is 12.5. The Hall–Kier alpha value is -3.01. The number of Topliss-reactive ketones (excluding diaryl/α,β-unsaturated/α-hetero) is 1. The molecule has 3 aromatic rings. The Balaban J connectivity index is 1.72. The van der Waals surface area contributed by atoms with Crippen molar-refractivity contribution >= 4 is 22.8 Å². The van der Waals surface area contributed by atoms with Gasteiger partial charge in [-0.15, -0.1) is 0 Å². The Bertz CT molecular complexity index is 937. The van der Waals surface area contributed by atoms with Gasteiger partial charge in [-0.3, -0.25) is 4.79 Å². The van der Waals surface area contributed by atoms with Gasteiger partial charge >= 0.3 is 0 Å². The summed E-state index contributed by atoms with van der Waals surface area (Å²) in [5.74, 6) is 1.48. The highest BCUT2D eigenvalue weighted by Crippen LogP contribution is 2.35. The smallest absolute Gasteiger partial charge is 0.231 e. The molecule has 0 spiro atoms. The van der Waals surface area contributed by atoms with Crippen LogP contribution in [0.15, 0.2) is 54.4 Å². The van der Waals surface area contributed by atoms with Gasteiger partial charge in [0.2, 0.25) is 5.78 Å². The van der Waals surface area contributed by atoms with Crippen molar-refractivity contribution in [3.63, 3.8) is 0 Å². The minimum Gasteiger partial charge on any atom is -0.494 e. The van der Waals surface area contributed by atoms with E-state index < -0.39 is 0 Å². The van der Waals surface area contributed by atoms with Crippen LogP contribution in [0, 0.1) is 0 Å². The summed E-state index contributed by atoms with van der Waals surface area (Å²) < 4.78 is 11.2. The molecule has 1 aliphatic heterocycles. The van der Waals surface area contributed by atoms with Crippen LogP contribution in [0.4, 0.5) is 0 Å². The Kier molecular flexibility index (Phi) is 3.15. The molecule has 2 aromatic carbocycles. The first-order chi connectivity index (χ1) is 11.3. The van der Waals surface area contributed by atoms with Gasteiger partial charge in [0.1, 0.15) is 11.5 Å². The number of hydrogen-bond acceptors (Lipinski definition) is 3. The molecule has 0 aliphatic carbocycles. The molecule has 1 aromatic heterocycles. The molecule has 4 heteroatoms. The van der Waals surface area contributed by atoms with Crippen LogP contribution in [0.1, 0.15) is 22.8 Å². The number of nitrogens with one attached hydrogen (secondary N) is 1. The molecule has 1 N–H and O–H groups in total. The fourth-order valence-electron chi connectivity index (χ4n) is 2.78. The van der Waals surface area contributed by atoms with Gasteiger partial charge in [-0.25, -0.2) is 0 Å². The zero-order valence-corrected chi connectivity index (χ0v) is 12.6. The van der Waals surface area contributed by atoms with Gasteiger partial charge < -0.3 is 14.5 Å². The summed E-state index contributed by atoms with van der Waals surface area (Å²) >= 11 is 0. The topological polar surface area (TPSA) is 51.3 Å². The molecule has 2 heterocycles. The summed E-state index contributed by atoms with van der Waals surface area (Å²) in [5, 5.41) is 1.06. The van der Waals surface area contributed by atoms with Crippen molar-refractivity contribution in [2.45, 2.75) is 6.92 Å². The van der Waals surface area contributed by atoms with E-state index in [0.717, 1.165) is 16.5 Å². The summed E-state index contributed by atoms with van der Waals surface area (Å²) in [5.41, 5.74) is 2.53. The second kappa shape index (κ2) is 5.32. The lowest BCUT2D eigenvalue weighted by Gasteiger charge is -2.03. The van der Waals surface area contributed by atoms with Crippen molar-refractivity contribution in [3.8, 4) is 11.5 Å². The minimum absolute atomic E-state index is 0.103. The molecular weight excluding hydrogens is 290 g/mol. The maximum Gasteiger partial charge on any atom is 0.231 e. The Labute approximate surface area is 133 Å². The Morgan fingerprint density at radius 2 is 2.09 bits per heavy atom. The van der Waals surface area contributed by atoms with Gasteiger partial charge in [0, 0.05) is 28.7 Å². The van der Waals surface area contributed by atoms with E-state index in [1.54, 1.807) is 24.3 Å². The number of aromatic nitrogens is 1.